The molecule has 0 atom stereocenters. The molecule has 0 bridgehead atoms. The van der Waals surface area contributed by atoms with Crippen LogP contribution in [0.2, 0.25) is 0 Å². The number of ether oxygens (including phenoxy) is 1. The zero-order valence-electron chi connectivity index (χ0n) is 21.4. The summed E-state index contributed by atoms with van der Waals surface area (Å²) in [5, 5.41) is 10.9. The summed E-state index contributed by atoms with van der Waals surface area (Å²) in [6, 6.07) is 6.91. The zero-order chi connectivity index (χ0) is 27.4. The van der Waals surface area contributed by atoms with Crippen molar-refractivity contribution < 1.29 is 22.7 Å². The lowest BCUT2D eigenvalue weighted by Crippen LogP contribution is -2.16. The molecule has 2 heterocycles. The van der Waals surface area contributed by atoms with Gasteiger partial charge in [0.05, 0.1) is 30.2 Å². The second-order valence-electron chi connectivity index (χ2n) is 9.28. The second kappa shape index (κ2) is 11.0. The van der Waals surface area contributed by atoms with E-state index in [1.54, 1.807) is 36.8 Å². The van der Waals surface area contributed by atoms with E-state index in [9.17, 15) is 18.0 Å². The van der Waals surface area contributed by atoms with Crippen LogP contribution in [0.25, 0.3) is 16.9 Å². The van der Waals surface area contributed by atoms with Crippen molar-refractivity contribution in [2.75, 3.05) is 12.4 Å². The van der Waals surface area contributed by atoms with Gasteiger partial charge >= 0.3 is 6.18 Å². The van der Waals surface area contributed by atoms with E-state index in [-0.39, 0.29) is 22.9 Å². The molecule has 0 spiro atoms. The molecule has 0 fully saturated rings. The van der Waals surface area contributed by atoms with Crippen LogP contribution in [0.3, 0.4) is 0 Å². The Morgan fingerprint density at radius 1 is 1.13 bits per heavy atom. The number of carbonyl (C=O) groups excluding carboxylic acids is 1. The molecule has 198 valence electrons. The van der Waals surface area contributed by atoms with E-state index in [2.05, 4.69) is 25.6 Å². The minimum absolute atomic E-state index is 0.0414. The lowest BCUT2D eigenvalue weighted by atomic mass is 9.98. The first-order valence-corrected chi connectivity index (χ1v) is 11.9. The molecule has 2 aromatic carbocycles. The van der Waals surface area contributed by atoms with E-state index >= 15 is 0 Å². The largest absolute Gasteiger partial charge is 0.494 e. The van der Waals surface area contributed by atoms with Crippen LogP contribution in [0.5, 0.6) is 5.75 Å². The van der Waals surface area contributed by atoms with Crippen molar-refractivity contribution in [1.29, 1.82) is 0 Å². The molecule has 0 saturated carbocycles. The number of anilines is 1. The lowest BCUT2D eigenvalue weighted by molar-refractivity contribution is -0.137. The van der Waals surface area contributed by atoms with E-state index in [0.717, 1.165) is 17.7 Å². The number of hydrogen-bond donors (Lipinski definition) is 1. The normalized spacial score (nSPS) is 11.6. The highest BCUT2D eigenvalue weighted by Gasteiger charge is 2.33. The van der Waals surface area contributed by atoms with Crippen molar-refractivity contribution in [3.8, 4) is 22.7 Å². The number of benzene rings is 2. The topological polar surface area (TPSA) is 94.8 Å². The van der Waals surface area contributed by atoms with Crippen LogP contribution in [0.15, 0.2) is 55.2 Å². The molecule has 2 aromatic heterocycles. The SMILES string of the molecule is COc1c(CCC(C)C)cc(C(F)(F)F)cc1NC(=O)c1ccc(C)c(-n2cc(-c3cncnc3)nn2)c1. The minimum atomic E-state index is -4.58. The van der Waals surface area contributed by atoms with Crippen molar-refractivity contribution >= 4 is 11.6 Å². The zero-order valence-corrected chi connectivity index (χ0v) is 21.4. The number of methoxy groups -OCH3 is 1. The van der Waals surface area contributed by atoms with E-state index in [4.69, 9.17) is 4.74 Å². The van der Waals surface area contributed by atoms with Gasteiger partial charge in [-0.15, -0.1) is 5.10 Å². The first kappa shape index (κ1) is 26.8. The predicted molar refractivity (Wildman–Crippen MR) is 136 cm³/mol. The summed E-state index contributed by atoms with van der Waals surface area (Å²) in [6.07, 6.45) is 2.77. The highest BCUT2D eigenvalue weighted by Crippen LogP contribution is 2.39. The summed E-state index contributed by atoms with van der Waals surface area (Å²) in [7, 11) is 1.38. The van der Waals surface area contributed by atoms with Crippen molar-refractivity contribution in [1.82, 2.24) is 25.0 Å². The first-order valence-electron chi connectivity index (χ1n) is 11.9. The molecule has 8 nitrogen and oxygen atoms in total. The summed E-state index contributed by atoms with van der Waals surface area (Å²) in [5.41, 5.74) is 2.34. The number of hydrogen-bond acceptors (Lipinski definition) is 6. The summed E-state index contributed by atoms with van der Waals surface area (Å²) in [4.78, 5) is 21.2. The van der Waals surface area contributed by atoms with Gasteiger partial charge in [-0.25, -0.2) is 14.6 Å². The fourth-order valence-corrected chi connectivity index (χ4v) is 3.95. The number of halogens is 3. The Morgan fingerprint density at radius 2 is 1.87 bits per heavy atom. The number of aromatic nitrogens is 5. The Labute approximate surface area is 217 Å². The number of nitrogens with zero attached hydrogens (tertiary/aromatic N) is 5. The number of carbonyl (C=O) groups is 1. The minimum Gasteiger partial charge on any atom is -0.494 e. The number of nitrogens with one attached hydrogen (secondary N) is 1. The van der Waals surface area contributed by atoms with E-state index < -0.39 is 17.6 Å². The van der Waals surface area contributed by atoms with Gasteiger partial charge in [-0.2, -0.15) is 13.2 Å². The molecule has 0 aliphatic heterocycles. The summed E-state index contributed by atoms with van der Waals surface area (Å²) in [5.74, 6) is -0.0918. The standard InChI is InChI=1S/C27H27F3N6O2/c1-16(2)5-7-18-9-21(27(28,29)30)11-22(25(18)38-4)33-26(37)19-8-6-17(3)24(10-19)36-14-23(34-35-36)20-12-31-15-32-13-20/h6,8-16H,5,7H2,1-4H3,(H,33,37). The van der Waals surface area contributed by atoms with Gasteiger partial charge in [0.25, 0.3) is 5.91 Å². The van der Waals surface area contributed by atoms with Gasteiger partial charge in [-0.3, -0.25) is 4.79 Å². The third-order valence-corrected chi connectivity index (χ3v) is 6.00. The monoisotopic (exact) mass is 524 g/mol. The Bertz CT molecular complexity index is 1430. The van der Waals surface area contributed by atoms with Crippen molar-refractivity contribution in [3.63, 3.8) is 0 Å². The molecule has 11 heteroatoms. The third kappa shape index (κ3) is 5.99. The molecule has 1 amide bonds. The first-order chi connectivity index (χ1) is 18.1. The molecule has 38 heavy (non-hydrogen) atoms. The van der Waals surface area contributed by atoms with Crippen LogP contribution in [0, 0.1) is 12.8 Å². The molecule has 1 N–H and O–H groups in total. The molecule has 4 rings (SSSR count). The average Bonchev–Trinajstić information content (AvgIpc) is 3.37. The molecule has 0 unspecified atom stereocenters. The maximum atomic E-state index is 13.7. The van der Waals surface area contributed by atoms with Crippen LogP contribution in [-0.4, -0.2) is 38.0 Å². The van der Waals surface area contributed by atoms with Gasteiger partial charge in [0.15, 0.2) is 0 Å². The van der Waals surface area contributed by atoms with Crippen molar-refractivity contribution in [2.24, 2.45) is 5.92 Å². The van der Waals surface area contributed by atoms with Gasteiger partial charge in [0.2, 0.25) is 0 Å². The van der Waals surface area contributed by atoms with Crippen LogP contribution in [-0.2, 0) is 12.6 Å². The number of rotatable bonds is 8. The molecular weight excluding hydrogens is 497 g/mol. The maximum absolute atomic E-state index is 13.7. The number of aryl methyl sites for hydroxylation is 2. The summed E-state index contributed by atoms with van der Waals surface area (Å²) >= 11 is 0. The molecular formula is C27H27F3N6O2. The Kier molecular flexibility index (Phi) is 7.75. The van der Waals surface area contributed by atoms with Gasteiger partial charge in [0, 0.05) is 23.5 Å². The summed E-state index contributed by atoms with van der Waals surface area (Å²) in [6.45, 7) is 5.83. The number of amides is 1. The predicted octanol–water partition coefficient (Wildman–Crippen LogP) is 5.90. The Balaban J connectivity index is 1.67. The van der Waals surface area contributed by atoms with Crippen LogP contribution < -0.4 is 10.1 Å². The Morgan fingerprint density at radius 3 is 2.53 bits per heavy atom. The molecule has 0 radical (unpaired) electrons. The highest BCUT2D eigenvalue weighted by molar-refractivity contribution is 6.05. The van der Waals surface area contributed by atoms with Crippen molar-refractivity contribution in [3.05, 3.63) is 77.5 Å². The van der Waals surface area contributed by atoms with Crippen LogP contribution in [0.4, 0.5) is 18.9 Å². The maximum Gasteiger partial charge on any atom is 0.416 e. The van der Waals surface area contributed by atoms with Gasteiger partial charge in [0.1, 0.15) is 17.8 Å². The van der Waals surface area contributed by atoms with Crippen molar-refractivity contribution in [2.45, 2.75) is 39.8 Å². The van der Waals surface area contributed by atoms with Gasteiger partial charge in [-0.05, 0) is 61.1 Å². The van der Waals surface area contributed by atoms with Gasteiger partial charge < -0.3 is 10.1 Å². The molecule has 0 saturated heterocycles. The van der Waals surface area contributed by atoms with E-state index in [0.29, 0.717) is 35.3 Å². The van der Waals surface area contributed by atoms with Gasteiger partial charge in [-0.1, -0.05) is 25.1 Å². The fraction of sp³-hybridized carbons (Fsp3) is 0.296. The molecule has 0 aliphatic rings. The van der Waals surface area contributed by atoms with Crippen LogP contribution in [0.1, 0.15) is 47.3 Å². The summed E-state index contributed by atoms with van der Waals surface area (Å²) < 4.78 is 48.0. The van der Waals surface area contributed by atoms with E-state index in [1.807, 2.05) is 20.8 Å². The highest BCUT2D eigenvalue weighted by atomic mass is 19.4. The van der Waals surface area contributed by atoms with Crippen LogP contribution >= 0.6 is 0 Å². The molecule has 0 aliphatic carbocycles. The second-order valence-corrected chi connectivity index (χ2v) is 9.28. The third-order valence-electron chi connectivity index (χ3n) is 6.00. The lowest BCUT2D eigenvalue weighted by Gasteiger charge is -2.19. The van der Waals surface area contributed by atoms with E-state index in [1.165, 1.54) is 18.1 Å². The average molecular weight is 525 g/mol. The molecule has 4 aromatic rings. The smallest absolute Gasteiger partial charge is 0.416 e. The number of alkyl halides is 3. The fourth-order valence-electron chi connectivity index (χ4n) is 3.95. The Hall–Kier alpha value is -4.28. The quantitative estimate of drug-likeness (QED) is 0.308.